The minimum atomic E-state index is -1.15. The van der Waals surface area contributed by atoms with Gasteiger partial charge in [0.15, 0.2) is 5.78 Å². The number of ketones is 1. The third-order valence-electron chi connectivity index (χ3n) is 7.08. The van der Waals surface area contributed by atoms with Crippen LogP contribution in [0.15, 0.2) is 78.9 Å². The average molecular weight is 540 g/mol. The average Bonchev–Trinajstić information content (AvgIpc) is 3.71. The second kappa shape index (κ2) is 10.6. The van der Waals surface area contributed by atoms with Gasteiger partial charge in [-0.05, 0) is 62.4 Å². The fourth-order valence-corrected chi connectivity index (χ4v) is 4.86. The Balaban J connectivity index is 1.36. The third kappa shape index (κ3) is 5.91. The number of carbonyl (C=O) groups excluding carboxylic acids is 4. The van der Waals surface area contributed by atoms with E-state index in [0.717, 1.165) is 16.7 Å². The number of rotatable bonds is 6. The van der Waals surface area contributed by atoms with Crippen molar-refractivity contribution >= 4 is 29.4 Å². The predicted molar refractivity (Wildman–Crippen MR) is 152 cm³/mol. The Bertz CT molecular complexity index is 1440. The number of ether oxygens (including phenoxy) is 1. The molecule has 0 radical (unpaired) electrons. The van der Waals surface area contributed by atoms with E-state index >= 15 is 0 Å². The number of para-hydroxylation sites is 1. The van der Waals surface area contributed by atoms with E-state index in [1.165, 1.54) is 0 Å². The number of nitrogens with one attached hydrogen (secondary N) is 2. The molecule has 2 aliphatic rings. The van der Waals surface area contributed by atoms with E-state index < -0.39 is 29.2 Å². The summed E-state index contributed by atoms with van der Waals surface area (Å²) >= 11 is 0. The quantitative estimate of drug-likeness (QED) is 0.458. The van der Waals surface area contributed by atoms with Crippen molar-refractivity contribution in [3.63, 3.8) is 0 Å². The minimum absolute atomic E-state index is 0.173. The zero-order valence-corrected chi connectivity index (χ0v) is 22.9. The molecule has 1 saturated carbocycles. The van der Waals surface area contributed by atoms with Crippen LogP contribution in [0, 0.1) is 0 Å². The molecule has 8 nitrogen and oxygen atoms in total. The smallest absolute Gasteiger partial charge is 0.408 e. The lowest BCUT2D eigenvalue weighted by Gasteiger charge is -2.28. The number of fused-ring (bicyclic) bond motifs is 1. The molecule has 1 fully saturated rings. The molecule has 5 rings (SSSR count). The highest BCUT2D eigenvalue weighted by atomic mass is 16.6. The Morgan fingerprint density at radius 3 is 2.17 bits per heavy atom. The number of nitrogens with zero attached hydrogens (tertiary/aromatic N) is 1. The Kier molecular flexibility index (Phi) is 7.19. The highest BCUT2D eigenvalue weighted by molar-refractivity contribution is 6.13. The van der Waals surface area contributed by atoms with Crippen molar-refractivity contribution in [3.8, 4) is 11.1 Å². The van der Waals surface area contributed by atoms with Gasteiger partial charge in [-0.1, -0.05) is 66.7 Å². The number of benzene rings is 3. The lowest BCUT2D eigenvalue weighted by atomic mass is 10.0. The first-order chi connectivity index (χ1) is 19.0. The number of hydrogen-bond donors (Lipinski definition) is 2. The summed E-state index contributed by atoms with van der Waals surface area (Å²) in [4.78, 5) is 54.3. The highest BCUT2D eigenvalue weighted by Crippen LogP contribution is 2.37. The van der Waals surface area contributed by atoms with Crippen LogP contribution in [0.3, 0.4) is 0 Å². The van der Waals surface area contributed by atoms with Crippen molar-refractivity contribution in [2.75, 3.05) is 4.90 Å². The first kappa shape index (κ1) is 27.1. The van der Waals surface area contributed by atoms with Gasteiger partial charge in [0.1, 0.15) is 17.2 Å². The largest absolute Gasteiger partial charge is 0.444 e. The van der Waals surface area contributed by atoms with Gasteiger partial charge in [-0.2, -0.15) is 0 Å². The van der Waals surface area contributed by atoms with E-state index in [4.69, 9.17) is 4.74 Å². The zero-order chi connectivity index (χ0) is 28.5. The normalized spacial score (nSPS) is 17.9. The van der Waals surface area contributed by atoms with E-state index in [9.17, 15) is 19.2 Å². The zero-order valence-electron chi connectivity index (χ0n) is 22.9. The van der Waals surface area contributed by atoms with E-state index in [1.807, 2.05) is 54.6 Å². The number of hydrogen-bond acceptors (Lipinski definition) is 5. The number of anilines is 1. The lowest BCUT2D eigenvalue weighted by molar-refractivity contribution is -0.129. The predicted octanol–water partition coefficient (Wildman–Crippen LogP) is 5.02. The maximum Gasteiger partial charge on any atom is 0.408 e. The van der Waals surface area contributed by atoms with Crippen LogP contribution in [-0.2, 0) is 20.9 Å². The molecule has 2 N–H and O–H groups in total. The number of amides is 3. The van der Waals surface area contributed by atoms with Crippen LogP contribution in [0.1, 0.15) is 56.0 Å². The third-order valence-corrected chi connectivity index (χ3v) is 7.08. The fraction of sp³-hybridized carbons (Fsp3) is 0.312. The highest BCUT2D eigenvalue weighted by Gasteiger charge is 2.53. The summed E-state index contributed by atoms with van der Waals surface area (Å²) < 4.78 is 5.31. The molecule has 3 aromatic carbocycles. The van der Waals surface area contributed by atoms with Gasteiger partial charge in [0.05, 0.1) is 12.2 Å². The van der Waals surface area contributed by atoms with Gasteiger partial charge in [-0.25, -0.2) is 4.79 Å². The molecule has 8 heteroatoms. The van der Waals surface area contributed by atoms with Gasteiger partial charge in [0.25, 0.3) is 0 Å². The van der Waals surface area contributed by atoms with Crippen LogP contribution >= 0.6 is 0 Å². The van der Waals surface area contributed by atoms with E-state index in [0.29, 0.717) is 24.1 Å². The molecule has 0 aromatic heterocycles. The Hall–Kier alpha value is -4.46. The van der Waals surface area contributed by atoms with Gasteiger partial charge in [-0.3, -0.25) is 14.4 Å². The molecule has 206 valence electrons. The molecule has 0 saturated heterocycles. The van der Waals surface area contributed by atoms with Crippen LogP contribution in [0.2, 0.25) is 0 Å². The molecule has 0 bridgehead atoms. The van der Waals surface area contributed by atoms with Crippen molar-refractivity contribution in [2.24, 2.45) is 0 Å². The first-order valence-electron chi connectivity index (χ1n) is 13.4. The van der Waals surface area contributed by atoms with Gasteiger partial charge in [0.2, 0.25) is 11.8 Å². The molecule has 0 spiro atoms. The molecule has 1 heterocycles. The lowest BCUT2D eigenvalue weighted by Crippen LogP contribution is -2.56. The van der Waals surface area contributed by atoms with Crippen LogP contribution in [0.5, 0.6) is 0 Å². The topological polar surface area (TPSA) is 105 Å². The second-order valence-electron chi connectivity index (χ2n) is 11.4. The van der Waals surface area contributed by atoms with E-state index in [2.05, 4.69) is 10.6 Å². The first-order valence-corrected chi connectivity index (χ1v) is 13.4. The van der Waals surface area contributed by atoms with Crippen molar-refractivity contribution in [1.82, 2.24) is 10.6 Å². The maximum absolute atomic E-state index is 13.9. The number of alkyl carbamates (subject to hydrolysis) is 1. The molecule has 40 heavy (non-hydrogen) atoms. The molecule has 1 aliphatic carbocycles. The summed E-state index contributed by atoms with van der Waals surface area (Å²) in [7, 11) is 0. The molecule has 0 unspecified atom stereocenters. The molecular formula is C32H33N3O5. The van der Waals surface area contributed by atoms with Crippen molar-refractivity contribution < 1.29 is 23.9 Å². The van der Waals surface area contributed by atoms with E-state index in [1.54, 1.807) is 49.9 Å². The number of Topliss-reactive ketones (excluding diaryl/α,β-unsaturated/α-hetero) is 1. The van der Waals surface area contributed by atoms with Gasteiger partial charge >= 0.3 is 6.09 Å². The van der Waals surface area contributed by atoms with Crippen LogP contribution < -0.4 is 15.5 Å². The summed E-state index contributed by atoms with van der Waals surface area (Å²) in [5.74, 6) is -1.12. The van der Waals surface area contributed by atoms with Crippen molar-refractivity contribution in [2.45, 2.75) is 63.8 Å². The van der Waals surface area contributed by atoms with E-state index in [-0.39, 0.29) is 24.7 Å². The summed E-state index contributed by atoms with van der Waals surface area (Å²) in [6.07, 6.45) is -0.0283. The Labute approximate surface area is 233 Å². The van der Waals surface area contributed by atoms with Crippen molar-refractivity contribution in [3.05, 3.63) is 90.0 Å². The van der Waals surface area contributed by atoms with Crippen LogP contribution in [-0.4, -0.2) is 40.9 Å². The number of carbonyl (C=O) groups is 4. The molecular weight excluding hydrogens is 506 g/mol. The second-order valence-corrected chi connectivity index (χ2v) is 11.4. The summed E-state index contributed by atoms with van der Waals surface area (Å²) in [6.45, 7) is 5.45. The Morgan fingerprint density at radius 1 is 0.900 bits per heavy atom. The fourth-order valence-electron chi connectivity index (χ4n) is 4.86. The summed E-state index contributed by atoms with van der Waals surface area (Å²) in [5.41, 5.74) is 2.10. The van der Waals surface area contributed by atoms with Crippen molar-refractivity contribution in [1.29, 1.82) is 0 Å². The summed E-state index contributed by atoms with van der Waals surface area (Å²) in [6, 6.07) is 23.9. The molecule has 1 aliphatic heterocycles. The van der Waals surface area contributed by atoms with Crippen LogP contribution in [0.25, 0.3) is 11.1 Å². The summed E-state index contributed by atoms with van der Waals surface area (Å²) in [5, 5.41) is 5.43. The standard InChI is InChI=1S/C32H33N3O5/c1-31(2,3)40-30(39)34-32(17-18-32)29(38)33-25-19-27(36)24-11-7-8-12-26(24)35(28(25)37)20-21-13-15-23(16-14-21)22-9-5-4-6-10-22/h4-16,25H,17-20H2,1-3H3,(H,33,38)(H,34,39)/t25-/m1/s1. The van der Waals surface area contributed by atoms with Crippen LogP contribution in [0.4, 0.5) is 10.5 Å². The molecule has 3 aromatic rings. The van der Waals surface area contributed by atoms with Gasteiger partial charge in [-0.15, -0.1) is 0 Å². The molecule has 1 atom stereocenters. The van der Waals surface area contributed by atoms with Gasteiger partial charge in [0, 0.05) is 12.0 Å². The monoisotopic (exact) mass is 539 g/mol. The minimum Gasteiger partial charge on any atom is -0.444 e. The van der Waals surface area contributed by atoms with Gasteiger partial charge < -0.3 is 20.3 Å². The SMILES string of the molecule is CC(C)(C)OC(=O)NC1(C(=O)N[C@@H]2CC(=O)c3ccccc3N(Cc3ccc(-c4ccccc4)cc3)C2=O)CC1. The molecule has 3 amide bonds. The Morgan fingerprint density at radius 2 is 1.52 bits per heavy atom. The maximum atomic E-state index is 13.9.